The Morgan fingerprint density at radius 2 is 1.94 bits per heavy atom. The topological polar surface area (TPSA) is 16.1 Å². The van der Waals surface area contributed by atoms with Gasteiger partial charge in [0.25, 0.3) is 0 Å². The van der Waals surface area contributed by atoms with Gasteiger partial charge in [-0.2, -0.15) is 0 Å². The van der Waals surface area contributed by atoms with Crippen molar-refractivity contribution in [3.8, 4) is 0 Å². The molecule has 0 aliphatic rings. The van der Waals surface area contributed by atoms with Gasteiger partial charge in [0.05, 0.1) is 0 Å². The van der Waals surface area contributed by atoms with Gasteiger partial charge in [-0.1, -0.05) is 26.8 Å². The Balaban J connectivity index is 2.56. The molecule has 0 saturated carbocycles. The Morgan fingerprint density at radius 1 is 1.24 bits per heavy atom. The van der Waals surface area contributed by atoms with E-state index in [0.29, 0.717) is 0 Å². The van der Waals surface area contributed by atoms with Crippen LogP contribution >= 0.6 is 0 Å². The highest BCUT2D eigenvalue weighted by Crippen LogP contribution is 2.11. The second-order valence-electron chi connectivity index (χ2n) is 4.62. The lowest BCUT2D eigenvalue weighted by atomic mass is 10.1. The van der Waals surface area contributed by atoms with E-state index in [9.17, 15) is 0 Å². The summed E-state index contributed by atoms with van der Waals surface area (Å²) in [6, 6.07) is 4.89. The predicted molar refractivity (Wildman–Crippen MR) is 74.3 cm³/mol. The van der Waals surface area contributed by atoms with Gasteiger partial charge in [0.1, 0.15) is 0 Å². The molecular weight excluding hydrogens is 208 g/mol. The molecule has 17 heavy (non-hydrogen) atoms. The molecule has 0 aromatic carbocycles. The minimum absolute atomic E-state index is 0.726. The van der Waals surface area contributed by atoms with Gasteiger partial charge < -0.3 is 4.90 Å². The van der Waals surface area contributed by atoms with Gasteiger partial charge >= 0.3 is 0 Å². The number of pyridine rings is 1. The second-order valence-corrected chi connectivity index (χ2v) is 4.62. The van der Waals surface area contributed by atoms with E-state index < -0.39 is 0 Å². The molecule has 1 heterocycles. The highest BCUT2D eigenvalue weighted by atomic mass is 15.1. The molecule has 0 fully saturated rings. The number of aromatic nitrogens is 1. The molecule has 0 spiro atoms. The predicted octanol–water partition coefficient (Wildman–Crippen LogP) is 3.44. The molecule has 0 saturated heterocycles. The van der Waals surface area contributed by atoms with Crippen molar-refractivity contribution in [3.63, 3.8) is 0 Å². The first-order valence-electron chi connectivity index (χ1n) is 6.87. The van der Waals surface area contributed by atoms with Crippen molar-refractivity contribution in [2.45, 2.75) is 53.0 Å². The zero-order chi connectivity index (χ0) is 12.7. The van der Waals surface area contributed by atoms with Crippen LogP contribution in [0.1, 0.15) is 44.9 Å². The van der Waals surface area contributed by atoms with Gasteiger partial charge in [0.15, 0.2) is 0 Å². The van der Waals surface area contributed by atoms with Crippen LogP contribution < -0.4 is 0 Å². The smallest absolute Gasteiger partial charge is 0.0445 e. The van der Waals surface area contributed by atoms with Gasteiger partial charge in [-0.15, -0.1) is 0 Å². The van der Waals surface area contributed by atoms with Crippen LogP contribution in [0.3, 0.4) is 0 Å². The lowest BCUT2D eigenvalue weighted by Crippen LogP contribution is -2.36. The third-order valence-electron chi connectivity index (χ3n) is 3.62. The number of aryl methyl sites for hydroxylation is 1. The van der Waals surface area contributed by atoms with E-state index in [-0.39, 0.29) is 0 Å². The van der Waals surface area contributed by atoms with Crippen molar-refractivity contribution < 1.29 is 0 Å². The average molecular weight is 234 g/mol. The minimum atomic E-state index is 0.726. The van der Waals surface area contributed by atoms with Crippen LogP contribution in [0.25, 0.3) is 0 Å². The Labute approximate surface area is 106 Å². The lowest BCUT2D eigenvalue weighted by Gasteiger charge is -2.29. The van der Waals surface area contributed by atoms with Crippen LogP contribution in [0.2, 0.25) is 0 Å². The summed E-state index contributed by atoms with van der Waals surface area (Å²) in [6.07, 6.45) is 5.45. The second kappa shape index (κ2) is 7.44. The fourth-order valence-corrected chi connectivity index (χ4v) is 2.43. The highest BCUT2D eigenvalue weighted by molar-refractivity contribution is 5.17. The van der Waals surface area contributed by atoms with Gasteiger partial charge in [-0.3, -0.25) is 4.98 Å². The first kappa shape index (κ1) is 14.2. The van der Waals surface area contributed by atoms with E-state index in [4.69, 9.17) is 0 Å². The summed E-state index contributed by atoms with van der Waals surface area (Å²) in [5.74, 6) is 0. The monoisotopic (exact) mass is 234 g/mol. The Hall–Kier alpha value is -0.890. The lowest BCUT2D eigenvalue weighted by molar-refractivity contribution is 0.197. The highest BCUT2D eigenvalue weighted by Gasteiger charge is 2.13. The summed E-state index contributed by atoms with van der Waals surface area (Å²) in [5.41, 5.74) is 2.56. The Bertz CT molecular complexity index is 318. The van der Waals surface area contributed by atoms with Crippen LogP contribution in [0.15, 0.2) is 18.3 Å². The number of nitrogens with zero attached hydrogens (tertiary/aromatic N) is 2. The number of rotatable bonds is 7. The largest absolute Gasteiger partial charge is 0.300 e. The summed E-state index contributed by atoms with van der Waals surface area (Å²) in [4.78, 5) is 7.05. The van der Waals surface area contributed by atoms with Gasteiger partial charge in [0, 0.05) is 30.9 Å². The van der Waals surface area contributed by atoms with E-state index >= 15 is 0 Å². The third kappa shape index (κ3) is 4.12. The number of hydrogen-bond donors (Lipinski definition) is 0. The van der Waals surface area contributed by atoms with Gasteiger partial charge in [-0.25, -0.2) is 0 Å². The maximum atomic E-state index is 4.47. The Kier molecular flexibility index (Phi) is 6.20. The van der Waals surface area contributed by atoms with E-state index in [1.54, 1.807) is 0 Å². The maximum Gasteiger partial charge on any atom is 0.0445 e. The number of hydrogen-bond acceptors (Lipinski definition) is 2. The molecule has 0 amide bonds. The summed E-state index contributed by atoms with van der Waals surface area (Å²) in [6.45, 7) is 11.2. The molecule has 2 nitrogen and oxygen atoms in total. The van der Waals surface area contributed by atoms with E-state index in [1.165, 1.54) is 24.1 Å². The molecule has 1 aromatic rings. The molecular formula is C15H26N2. The average Bonchev–Trinajstić information content (AvgIpc) is 2.36. The van der Waals surface area contributed by atoms with Crippen molar-refractivity contribution in [2.24, 2.45) is 0 Å². The summed E-state index contributed by atoms with van der Waals surface area (Å²) in [5, 5.41) is 0. The molecule has 0 N–H and O–H groups in total. The molecule has 0 bridgehead atoms. The van der Waals surface area contributed by atoms with E-state index in [0.717, 1.165) is 25.6 Å². The van der Waals surface area contributed by atoms with Crippen molar-refractivity contribution in [3.05, 3.63) is 29.6 Å². The fourth-order valence-electron chi connectivity index (χ4n) is 2.43. The first-order chi connectivity index (χ1) is 8.22. The molecule has 1 rings (SSSR count). The zero-order valence-corrected chi connectivity index (χ0v) is 11.7. The van der Waals surface area contributed by atoms with Gasteiger partial charge in [0.2, 0.25) is 0 Å². The molecule has 0 aliphatic carbocycles. The quantitative estimate of drug-likeness (QED) is 0.718. The van der Waals surface area contributed by atoms with E-state index in [2.05, 4.69) is 43.6 Å². The summed E-state index contributed by atoms with van der Waals surface area (Å²) in [7, 11) is 0. The van der Waals surface area contributed by atoms with Crippen LogP contribution in [0.4, 0.5) is 0 Å². The van der Waals surface area contributed by atoms with E-state index in [1.807, 2.05) is 12.3 Å². The standard InChI is InChI=1S/C15H26N2/c1-5-14(6-2)17(7-3)12-10-15-13(4)9-8-11-16-15/h8-9,11,14H,5-7,10,12H2,1-4H3. The third-order valence-corrected chi connectivity index (χ3v) is 3.62. The van der Waals surface area contributed by atoms with Gasteiger partial charge in [-0.05, 0) is 37.9 Å². The maximum absolute atomic E-state index is 4.47. The van der Waals surface area contributed by atoms with Crippen LogP contribution in [-0.2, 0) is 6.42 Å². The first-order valence-corrected chi connectivity index (χ1v) is 6.87. The normalized spacial score (nSPS) is 11.4. The van der Waals surface area contributed by atoms with Crippen LogP contribution in [0.5, 0.6) is 0 Å². The summed E-state index contributed by atoms with van der Waals surface area (Å²) >= 11 is 0. The number of likely N-dealkylation sites (N-methyl/N-ethyl adjacent to an activating group) is 1. The Morgan fingerprint density at radius 3 is 2.47 bits per heavy atom. The zero-order valence-electron chi connectivity index (χ0n) is 11.7. The molecule has 0 atom stereocenters. The van der Waals surface area contributed by atoms with Crippen molar-refractivity contribution in [1.82, 2.24) is 9.88 Å². The molecule has 96 valence electrons. The molecule has 0 radical (unpaired) electrons. The van der Waals surface area contributed by atoms with Crippen LogP contribution in [-0.4, -0.2) is 29.0 Å². The molecule has 0 unspecified atom stereocenters. The molecule has 0 aliphatic heterocycles. The van der Waals surface area contributed by atoms with Crippen molar-refractivity contribution >= 4 is 0 Å². The summed E-state index contributed by atoms with van der Waals surface area (Å²) < 4.78 is 0. The van der Waals surface area contributed by atoms with Crippen molar-refractivity contribution in [2.75, 3.05) is 13.1 Å². The minimum Gasteiger partial charge on any atom is -0.300 e. The fraction of sp³-hybridized carbons (Fsp3) is 0.667. The van der Waals surface area contributed by atoms with Crippen molar-refractivity contribution in [1.29, 1.82) is 0 Å². The SMILES string of the molecule is CCC(CC)N(CC)CCc1ncccc1C. The molecule has 2 heteroatoms. The molecule has 1 aromatic heterocycles. The van der Waals surface area contributed by atoms with Crippen LogP contribution in [0, 0.1) is 6.92 Å².